The smallest absolute Gasteiger partial charge is 0.266 e. The number of nitrogens with zero attached hydrogens (tertiary/aromatic N) is 4. The van der Waals surface area contributed by atoms with E-state index in [1.807, 2.05) is 18.2 Å². The molecule has 1 N–H and O–H groups in total. The zero-order chi connectivity index (χ0) is 17.4. The molecule has 3 heterocycles. The summed E-state index contributed by atoms with van der Waals surface area (Å²) in [7, 11) is 1.63. The second-order valence-corrected chi connectivity index (χ2v) is 6.42. The first-order valence-corrected chi connectivity index (χ1v) is 8.37. The number of aromatic amines is 1. The van der Waals surface area contributed by atoms with E-state index in [0.29, 0.717) is 23.3 Å². The fraction of sp³-hybridized carbons (Fsp3) is 0.333. The van der Waals surface area contributed by atoms with Gasteiger partial charge in [-0.05, 0) is 37.1 Å². The molecule has 1 aliphatic heterocycles. The number of H-pyrrole nitrogens is 1. The highest BCUT2D eigenvalue weighted by Gasteiger charge is 2.28. The van der Waals surface area contributed by atoms with Gasteiger partial charge in [0.1, 0.15) is 5.82 Å². The lowest BCUT2D eigenvalue weighted by Gasteiger charge is -2.23. The van der Waals surface area contributed by atoms with Crippen LogP contribution in [0.2, 0.25) is 0 Å². The van der Waals surface area contributed by atoms with Crippen molar-refractivity contribution in [2.24, 2.45) is 7.05 Å². The van der Waals surface area contributed by atoms with Crippen LogP contribution in [0.25, 0.3) is 10.9 Å². The van der Waals surface area contributed by atoms with E-state index in [2.05, 4.69) is 20.0 Å². The van der Waals surface area contributed by atoms with Crippen LogP contribution in [0.4, 0.5) is 0 Å². The normalized spacial score (nSPS) is 18.0. The SMILES string of the molecule is Cn1ncc(CN2CCCC2c2nc3ccccc3c(=O)[nH]2)cc1=O. The van der Waals surface area contributed by atoms with Crippen molar-refractivity contribution in [1.82, 2.24) is 24.6 Å². The predicted octanol–water partition coefficient (Wildman–Crippen LogP) is 1.35. The summed E-state index contributed by atoms with van der Waals surface area (Å²) in [5, 5.41) is 4.68. The summed E-state index contributed by atoms with van der Waals surface area (Å²) in [5.74, 6) is 0.693. The van der Waals surface area contributed by atoms with Crippen LogP contribution in [0.15, 0.2) is 46.1 Å². The molecule has 1 saturated heterocycles. The molecular weight excluding hydrogens is 318 g/mol. The van der Waals surface area contributed by atoms with Gasteiger partial charge in [-0.2, -0.15) is 5.10 Å². The number of aryl methyl sites for hydroxylation is 1. The van der Waals surface area contributed by atoms with E-state index in [4.69, 9.17) is 0 Å². The number of hydrogen-bond acceptors (Lipinski definition) is 5. The van der Waals surface area contributed by atoms with Crippen molar-refractivity contribution < 1.29 is 0 Å². The third-order valence-electron chi connectivity index (χ3n) is 4.72. The number of likely N-dealkylation sites (tertiary alicyclic amines) is 1. The van der Waals surface area contributed by atoms with Crippen molar-refractivity contribution in [2.75, 3.05) is 6.54 Å². The molecule has 0 saturated carbocycles. The minimum Gasteiger partial charge on any atom is -0.309 e. The largest absolute Gasteiger partial charge is 0.309 e. The van der Waals surface area contributed by atoms with Crippen molar-refractivity contribution in [2.45, 2.75) is 25.4 Å². The molecule has 1 aromatic carbocycles. The van der Waals surface area contributed by atoms with Gasteiger partial charge in [0.2, 0.25) is 0 Å². The van der Waals surface area contributed by atoms with E-state index in [1.54, 1.807) is 25.4 Å². The van der Waals surface area contributed by atoms with Crippen molar-refractivity contribution in [1.29, 1.82) is 0 Å². The van der Waals surface area contributed by atoms with E-state index in [9.17, 15) is 9.59 Å². The van der Waals surface area contributed by atoms with E-state index in [0.717, 1.165) is 24.9 Å². The van der Waals surface area contributed by atoms with Gasteiger partial charge in [0.05, 0.1) is 23.1 Å². The molecule has 0 bridgehead atoms. The lowest BCUT2D eigenvalue weighted by molar-refractivity contribution is 0.239. The Morgan fingerprint density at radius 3 is 2.96 bits per heavy atom. The topological polar surface area (TPSA) is 83.9 Å². The Hall–Kier alpha value is -2.80. The van der Waals surface area contributed by atoms with Gasteiger partial charge in [0.15, 0.2) is 0 Å². The summed E-state index contributed by atoms with van der Waals surface area (Å²) in [6.07, 6.45) is 3.67. The van der Waals surface area contributed by atoms with Crippen molar-refractivity contribution >= 4 is 10.9 Å². The van der Waals surface area contributed by atoms with Gasteiger partial charge in [-0.3, -0.25) is 14.5 Å². The first kappa shape index (κ1) is 15.7. The fourth-order valence-corrected chi connectivity index (χ4v) is 3.42. The molecule has 0 spiro atoms. The average Bonchev–Trinajstić information content (AvgIpc) is 3.06. The van der Waals surface area contributed by atoms with Crippen LogP contribution in [0, 0.1) is 0 Å². The molecule has 1 aliphatic rings. The molecule has 1 fully saturated rings. The van der Waals surface area contributed by atoms with Gasteiger partial charge in [-0.15, -0.1) is 0 Å². The lowest BCUT2D eigenvalue weighted by Crippen LogP contribution is -2.27. The standard InChI is InChI=1S/C18H19N5O2/c1-22-16(24)9-12(10-19-22)11-23-8-4-7-15(23)17-20-14-6-3-2-5-13(14)18(25)21-17/h2-3,5-6,9-10,15H,4,7-8,11H2,1H3,(H,20,21,25). The highest BCUT2D eigenvalue weighted by molar-refractivity contribution is 5.77. The van der Waals surface area contributed by atoms with Crippen LogP contribution < -0.4 is 11.1 Å². The van der Waals surface area contributed by atoms with E-state index in [1.165, 1.54) is 4.68 Å². The Morgan fingerprint density at radius 1 is 1.28 bits per heavy atom. The average molecular weight is 337 g/mol. The highest BCUT2D eigenvalue weighted by atomic mass is 16.1. The number of fused-ring (bicyclic) bond motifs is 1. The first-order valence-electron chi connectivity index (χ1n) is 8.37. The molecular formula is C18H19N5O2. The zero-order valence-electron chi connectivity index (χ0n) is 14.0. The summed E-state index contributed by atoms with van der Waals surface area (Å²) in [6.45, 7) is 1.51. The predicted molar refractivity (Wildman–Crippen MR) is 94.2 cm³/mol. The Balaban J connectivity index is 1.66. The van der Waals surface area contributed by atoms with E-state index in [-0.39, 0.29) is 17.2 Å². The maximum atomic E-state index is 12.3. The summed E-state index contributed by atoms with van der Waals surface area (Å²) in [4.78, 5) is 34.0. The van der Waals surface area contributed by atoms with Crippen molar-refractivity contribution in [3.8, 4) is 0 Å². The van der Waals surface area contributed by atoms with Crippen LogP contribution in [0.5, 0.6) is 0 Å². The van der Waals surface area contributed by atoms with E-state index >= 15 is 0 Å². The fourth-order valence-electron chi connectivity index (χ4n) is 3.42. The third-order valence-corrected chi connectivity index (χ3v) is 4.72. The second-order valence-electron chi connectivity index (χ2n) is 6.42. The van der Waals surface area contributed by atoms with Crippen LogP contribution in [0.1, 0.15) is 30.3 Å². The Morgan fingerprint density at radius 2 is 2.12 bits per heavy atom. The number of hydrogen-bond donors (Lipinski definition) is 1. The van der Waals surface area contributed by atoms with Crippen LogP contribution >= 0.6 is 0 Å². The van der Waals surface area contributed by atoms with Crippen molar-refractivity contribution in [3.05, 3.63) is 68.6 Å². The van der Waals surface area contributed by atoms with Gasteiger partial charge in [-0.25, -0.2) is 9.67 Å². The highest BCUT2D eigenvalue weighted by Crippen LogP contribution is 2.31. The summed E-state index contributed by atoms with van der Waals surface area (Å²) in [6, 6.07) is 9.02. The van der Waals surface area contributed by atoms with Gasteiger partial charge in [-0.1, -0.05) is 12.1 Å². The van der Waals surface area contributed by atoms with Gasteiger partial charge in [0.25, 0.3) is 11.1 Å². The molecule has 1 atom stereocenters. The Bertz CT molecular complexity index is 1040. The maximum Gasteiger partial charge on any atom is 0.266 e. The molecule has 3 aromatic rings. The van der Waals surface area contributed by atoms with Crippen LogP contribution in [-0.2, 0) is 13.6 Å². The monoisotopic (exact) mass is 337 g/mol. The molecule has 0 aliphatic carbocycles. The van der Waals surface area contributed by atoms with Crippen molar-refractivity contribution in [3.63, 3.8) is 0 Å². The molecule has 1 unspecified atom stereocenters. The molecule has 0 radical (unpaired) electrons. The lowest BCUT2D eigenvalue weighted by atomic mass is 10.1. The summed E-state index contributed by atoms with van der Waals surface area (Å²) < 4.78 is 1.31. The minimum atomic E-state index is -0.120. The molecule has 2 aromatic heterocycles. The number of para-hydroxylation sites is 1. The van der Waals surface area contributed by atoms with E-state index < -0.39 is 0 Å². The molecule has 128 valence electrons. The number of nitrogens with one attached hydrogen (secondary N) is 1. The number of benzene rings is 1. The minimum absolute atomic E-state index is 0.0429. The number of aromatic nitrogens is 4. The Labute approximate surface area is 143 Å². The van der Waals surface area contributed by atoms with Crippen LogP contribution in [-0.4, -0.2) is 31.2 Å². The third kappa shape index (κ3) is 2.98. The van der Waals surface area contributed by atoms with Gasteiger partial charge in [0, 0.05) is 19.7 Å². The van der Waals surface area contributed by atoms with Crippen LogP contribution in [0.3, 0.4) is 0 Å². The molecule has 7 nitrogen and oxygen atoms in total. The molecule has 7 heteroatoms. The number of rotatable bonds is 3. The maximum absolute atomic E-state index is 12.3. The summed E-state index contributed by atoms with van der Waals surface area (Å²) >= 11 is 0. The molecule has 25 heavy (non-hydrogen) atoms. The summed E-state index contributed by atoms with van der Waals surface area (Å²) in [5.41, 5.74) is 1.36. The van der Waals surface area contributed by atoms with Gasteiger partial charge < -0.3 is 4.98 Å². The zero-order valence-corrected chi connectivity index (χ0v) is 14.0. The molecule has 0 amide bonds. The molecule has 4 rings (SSSR count). The quantitative estimate of drug-likeness (QED) is 0.780. The second kappa shape index (κ2) is 6.25. The van der Waals surface area contributed by atoms with Gasteiger partial charge >= 0.3 is 0 Å². The Kier molecular flexibility index (Phi) is 3.93. The first-order chi connectivity index (χ1) is 12.1.